The van der Waals surface area contributed by atoms with Crippen molar-refractivity contribution in [1.82, 2.24) is 23.9 Å². The van der Waals surface area contributed by atoms with E-state index in [1.807, 2.05) is 0 Å². The monoisotopic (exact) mass is 449 g/mol. The lowest BCUT2D eigenvalue weighted by Crippen LogP contribution is -2.12. The van der Waals surface area contributed by atoms with Crippen molar-refractivity contribution < 1.29 is 21.6 Å². The summed E-state index contributed by atoms with van der Waals surface area (Å²) in [6, 6.07) is 2.57. The van der Waals surface area contributed by atoms with Crippen LogP contribution in [0, 0.1) is 0 Å². The molecule has 0 spiro atoms. The first kappa shape index (κ1) is 20.0. The molecule has 11 heteroatoms. The molecule has 1 aliphatic carbocycles. The summed E-state index contributed by atoms with van der Waals surface area (Å²) in [5, 5.41) is 0. The lowest BCUT2D eigenvalue weighted by atomic mass is 10.1. The van der Waals surface area contributed by atoms with Crippen LogP contribution in [-0.4, -0.2) is 38.1 Å². The minimum atomic E-state index is -4.56. The predicted molar refractivity (Wildman–Crippen MR) is 107 cm³/mol. The number of aryl methyl sites for hydroxylation is 1. The minimum Gasteiger partial charge on any atom is -0.311 e. The van der Waals surface area contributed by atoms with E-state index in [0.29, 0.717) is 5.65 Å². The van der Waals surface area contributed by atoms with Crippen molar-refractivity contribution in [3.63, 3.8) is 0 Å². The first-order valence-corrected chi connectivity index (χ1v) is 11.4. The standard InChI is InChI=1S/C20H18F3N5O2S/c1-3-31(29,30)15-9-13(11-4-5-11)17-24-6-7-28(17)16(15)19-26-14-8-12(20(21,22)23)10-25-18(14)27(19)2/h6-11H,3-5H2,1-2H3. The molecule has 4 heterocycles. The van der Waals surface area contributed by atoms with Gasteiger partial charge in [0.2, 0.25) is 0 Å². The largest absolute Gasteiger partial charge is 0.417 e. The second kappa shape index (κ2) is 6.52. The van der Waals surface area contributed by atoms with Crippen molar-refractivity contribution >= 4 is 26.6 Å². The van der Waals surface area contributed by atoms with E-state index in [2.05, 4.69) is 15.0 Å². The molecule has 4 aromatic rings. The van der Waals surface area contributed by atoms with Crippen LogP contribution in [0.5, 0.6) is 0 Å². The Morgan fingerprint density at radius 2 is 1.90 bits per heavy atom. The normalized spacial score (nSPS) is 15.3. The molecule has 7 nitrogen and oxygen atoms in total. The SMILES string of the molecule is CCS(=O)(=O)c1cc(C2CC2)c2nccn2c1-c1nc2cc(C(F)(F)F)cnc2n1C. The summed E-state index contributed by atoms with van der Waals surface area (Å²) in [6.07, 6.45) is 1.35. The lowest BCUT2D eigenvalue weighted by molar-refractivity contribution is -0.137. The summed E-state index contributed by atoms with van der Waals surface area (Å²) < 4.78 is 68.7. The van der Waals surface area contributed by atoms with Crippen LogP contribution >= 0.6 is 0 Å². The zero-order valence-corrected chi connectivity index (χ0v) is 17.5. The quantitative estimate of drug-likeness (QED) is 0.471. The number of fused-ring (bicyclic) bond motifs is 2. The van der Waals surface area contributed by atoms with Gasteiger partial charge in [0.1, 0.15) is 16.9 Å². The second-order valence-corrected chi connectivity index (χ2v) is 9.92. The van der Waals surface area contributed by atoms with Gasteiger partial charge in [-0.2, -0.15) is 13.2 Å². The minimum absolute atomic E-state index is 0.0340. The number of sulfone groups is 1. The van der Waals surface area contributed by atoms with Crippen LogP contribution in [0.1, 0.15) is 36.8 Å². The summed E-state index contributed by atoms with van der Waals surface area (Å²) in [5.41, 5.74) is 1.10. The number of nitrogens with zero attached hydrogens (tertiary/aromatic N) is 5. The molecule has 0 aromatic carbocycles. The third-order valence-electron chi connectivity index (χ3n) is 5.64. The molecule has 0 bridgehead atoms. The number of pyridine rings is 2. The lowest BCUT2D eigenvalue weighted by Gasteiger charge is -2.15. The zero-order valence-electron chi connectivity index (χ0n) is 16.7. The molecule has 31 heavy (non-hydrogen) atoms. The van der Waals surface area contributed by atoms with Gasteiger partial charge in [0.15, 0.2) is 21.3 Å². The van der Waals surface area contributed by atoms with Gasteiger partial charge in [-0.25, -0.2) is 23.4 Å². The van der Waals surface area contributed by atoms with Crippen molar-refractivity contribution in [1.29, 1.82) is 0 Å². The molecule has 0 aliphatic heterocycles. The van der Waals surface area contributed by atoms with Crippen LogP contribution in [0.3, 0.4) is 0 Å². The fraction of sp³-hybridized carbons (Fsp3) is 0.350. The van der Waals surface area contributed by atoms with Gasteiger partial charge in [-0.15, -0.1) is 0 Å². The maximum Gasteiger partial charge on any atom is 0.417 e. The fourth-order valence-electron chi connectivity index (χ4n) is 3.84. The van der Waals surface area contributed by atoms with Gasteiger partial charge in [0.25, 0.3) is 0 Å². The van der Waals surface area contributed by atoms with Crippen molar-refractivity contribution in [3.05, 3.63) is 41.9 Å². The smallest absolute Gasteiger partial charge is 0.311 e. The highest BCUT2D eigenvalue weighted by Crippen LogP contribution is 2.44. The van der Waals surface area contributed by atoms with Crippen molar-refractivity contribution in [2.24, 2.45) is 7.05 Å². The molecule has 0 atom stereocenters. The first-order valence-electron chi connectivity index (χ1n) is 9.74. The highest BCUT2D eigenvalue weighted by atomic mass is 32.2. The van der Waals surface area contributed by atoms with Crippen molar-refractivity contribution in [2.75, 3.05) is 5.75 Å². The topological polar surface area (TPSA) is 82.2 Å². The van der Waals surface area contributed by atoms with Crippen molar-refractivity contribution in [3.8, 4) is 11.5 Å². The van der Waals surface area contributed by atoms with Gasteiger partial charge in [0.05, 0.1) is 16.2 Å². The van der Waals surface area contributed by atoms with Crippen LogP contribution in [-0.2, 0) is 23.1 Å². The van der Waals surface area contributed by atoms with Crippen LogP contribution in [0.25, 0.3) is 28.3 Å². The maximum absolute atomic E-state index is 13.1. The summed E-state index contributed by atoms with van der Waals surface area (Å²) in [6.45, 7) is 1.56. The van der Waals surface area contributed by atoms with Gasteiger partial charge < -0.3 is 4.57 Å². The number of hydrogen-bond acceptors (Lipinski definition) is 5. The molecule has 5 rings (SSSR count). The molecule has 0 unspecified atom stereocenters. The third-order valence-corrected chi connectivity index (χ3v) is 7.38. The molecular formula is C20H18F3N5O2S. The highest BCUT2D eigenvalue weighted by Gasteiger charge is 2.34. The Hall–Kier alpha value is -2.95. The third kappa shape index (κ3) is 3.10. The van der Waals surface area contributed by atoms with Crippen LogP contribution in [0.15, 0.2) is 35.6 Å². The summed E-state index contributed by atoms with van der Waals surface area (Å²) >= 11 is 0. The molecule has 1 fully saturated rings. The fourth-order valence-corrected chi connectivity index (χ4v) is 4.94. The number of halogens is 3. The van der Waals surface area contributed by atoms with E-state index in [0.717, 1.165) is 30.7 Å². The summed E-state index contributed by atoms with van der Waals surface area (Å²) in [5.74, 6) is 0.338. The van der Waals surface area contributed by atoms with E-state index in [-0.39, 0.29) is 39.2 Å². The van der Waals surface area contributed by atoms with E-state index in [1.54, 1.807) is 36.8 Å². The van der Waals surface area contributed by atoms with Gasteiger partial charge in [-0.1, -0.05) is 6.92 Å². The van der Waals surface area contributed by atoms with E-state index in [1.165, 1.54) is 4.57 Å². The van der Waals surface area contributed by atoms with Crippen molar-refractivity contribution in [2.45, 2.75) is 36.8 Å². The Balaban J connectivity index is 1.85. The highest BCUT2D eigenvalue weighted by molar-refractivity contribution is 7.91. The molecule has 1 saturated carbocycles. The van der Waals surface area contributed by atoms with Gasteiger partial charge in [-0.05, 0) is 36.5 Å². The predicted octanol–water partition coefficient (Wildman–Crippen LogP) is 3.97. The van der Waals surface area contributed by atoms with E-state index in [4.69, 9.17) is 0 Å². The van der Waals surface area contributed by atoms with Gasteiger partial charge in [0, 0.05) is 25.6 Å². The number of rotatable bonds is 4. The molecule has 0 saturated heterocycles. The first-order chi connectivity index (χ1) is 14.6. The molecule has 1 aliphatic rings. The molecule has 0 N–H and O–H groups in total. The average molecular weight is 449 g/mol. The Morgan fingerprint density at radius 1 is 1.16 bits per heavy atom. The maximum atomic E-state index is 13.1. The molecule has 0 amide bonds. The number of imidazole rings is 2. The zero-order chi connectivity index (χ0) is 22.1. The van der Waals surface area contributed by atoms with E-state index >= 15 is 0 Å². The average Bonchev–Trinajstić information content (AvgIpc) is 3.35. The van der Waals surface area contributed by atoms with Gasteiger partial charge >= 0.3 is 6.18 Å². The Morgan fingerprint density at radius 3 is 2.55 bits per heavy atom. The Kier molecular flexibility index (Phi) is 4.20. The molecule has 162 valence electrons. The van der Waals surface area contributed by atoms with E-state index < -0.39 is 21.6 Å². The van der Waals surface area contributed by atoms with Crippen LogP contribution < -0.4 is 0 Å². The number of alkyl halides is 3. The summed E-state index contributed by atoms with van der Waals surface area (Å²) in [7, 11) is -2.06. The Bertz CT molecular complexity index is 1450. The van der Waals surface area contributed by atoms with E-state index in [9.17, 15) is 21.6 Å². The van der Waals surface area contributed by atoms with Gasteiger partial charge in [-0.3, -0.25) is 4.40 Å². The molecular weight excluding hydrogens is 431 g/mol. The number of hydrogen-bond donors (Lipinski definition) is 0. The molecule has 4 aromatic heterocycles. The Labute approximate surface area is 175 Å². The van der Waals surface area contributed by atoms with Crippen LogP contribution in [0.2, 0.25) is 0 Å². The second-order valence-electron chi connectivity index (χ2n) is 7.67. The van der Waals surface area contributed by atoms with Crippen LogP contribution in [0.4, 0.5) is 13.2 Å². The number of aromatic nitrogens is 5. The molecule has 0 radical (unpaired) electrons. The summed E-state index contributed by atoms with van der Waals surface area (Å²) in [4.78, 5) is 12.8.